The molecular formula is C10H16N4O. The zero-order valence-electron chi connectivity index (χ0n) is 8.79. The van der Waals surface area contributed by atoms with Gasteiger partial charge in [0.25, 0.3) is 0 Å². The number of nitrogens with zero attached hydrogens (tertiary/aromatic N) is 1. The summed E-state index contributed by atoms with van der Waals surface area (Å²) in [6, 6.07) is 0.263. The lowest BCUT2D eigenvalue weighted by atomic mass is 10.2. The number of aromatic nitrogens is 2. The molecule has 1 fully saturated rings. The third kappa shape index (κ3) is 2.71. The Kier molecular flexibility index (Phi) is 2.89. The molecule has 2 rings (SSSR count). The summed E-state index contributed by atoms with van der Waals surface area (Å²) in [5.41, 5.74) is 0. The molecule has 0 spiro atoms. The first-order valence-electron chi connectivity index (χ1n) is 5.36. The number of urea groups is 1. The van der Waals surface area contributed by atoms with Gasteiger partial charge < -0.3 is 15.6 Å². The monoisotopic (exact) mass is 208 g/mol. The number of amides is 2. The maximum atomic E-state index is 11.5. The Balaban J connectivity index is 1.87. The van der Waals surface area contributed by atoms with E-state index < -0.39 is 0 Å². The Morgan fingerprint density at radius 3 is 3.07 bits per heavy atom. The summed E-state index contributed by atoms with van der Waals surface area (Å²) in [5, 5.41) is 5.79. The second-order valence-corrected chi connectivity index (χ2v) is 3.83. The number of aromatic amines is 1. The summed E-state index contributed by atoms with van der Waals surface area (Å²) in [5.74, 6) is 0.809. The molecule has 1 atom stereocenters. The number of rotatable bonds is 4. The Morgan fingerprint density at radius 2 is 2.53 bits per heavy atom. The van der Waals surface area contributed by atoms with Crippen molar-refractivity contribution in [3.8, 4) is 0 Å². The fraction of sp³-hybridized carbons (Fsp3) is 0.600. The van der Waals surface area contributed by atoms with Crippen LogP contribution >= 0.6 is 0 Å². The van der Waals surface area contributed by atoms with Crippen molar-refractivity contribution in [1.29, 1.82) is 0 Å². The molecule has 82 valence electrons. The maximum Gasteiger partial charge on any atom is 0.315 e. The van der Waals surface area contributed by atoms with E-state index in [1.54, 1.807) is 12.4 Å². The quantitative estimate of drug-likeness (QED) is 0.698. The first-order valence-corrected chi connectivity index (χ1v) is 5.36. The van der Waals surface area contributed by atoms with Crippen LogP contribution in [0.5, 0.6) is 0 Å². The van der Waals surface area contributed by atoms with E-state index in [1.165, 1.54) is 0 Å². The Bertz CT molecular complexity index is 318. The summed E-state index contributed by atoms with van der Waals surface area (Å²) in [6.45, 7) is 2.02. The maximum absolute atomic E-state index is 11.5. The van der Waals surface area contributed by atoms with Crippen LogP contribution < -0.4 is 10.6 Å². The highest BCUT2D eigenvalue weighted by Crippen LogP contribution is 2.18. The molecule has 2 amide bonds. The van der Waals surface area contributed by atoms with E-state index >= 15 is 0 Å². The second-order valence-electron chi connectivity index (χ2n) is 3.83. The Labute approximate surface area is 88.7 Å². The summed E-state index contributed by atoms with van der Waals surface area (Å²) in [7, 11) is 0. The van der Waals surface area contributed by atoms with Crippen LogP contribution in [0.25, 0.3) is 0 Å². The van der Waals surface area contributed by atoms with Gasteiger partial charge in [0.05, 0.1) is 6.04 Å². The first-order chi connectivity index (χ1) is 7.29. The molecule has 1 aliphatic rings. The molecule has 1 unspecified atom stereocenters. The van der Waals surface area contributed by atoms with Crippen LogP contribution in [0.15, 0.2) is 12.4 Å². The lowest BCUT2D eigenvalue weighted by Gasteiger charge is -2.14. The highest BCUT2D eigenvalue weighted by atomic mass is 16.2. The van der Waals surface area contributed by atoms with E-state index in [0.717, 1.165) is 25.1 Å². The van der Waals surface area contributed by atoms with Crippen molar-refractivity contribution in [2.45, 2.75) is 38.3 Å². The van der Waals surface area contributed by atoms with Gasteiger partial charge in [-0.25, -0.2) is 9.78 Å². The lowest BCUT2D eigenvalue weighted by Crippen LogP contribution is -2.39. The molecule has 1 aliphatic carbocycles. The second kappa shape index (κ2) is 4.33. The molecule has 1 saturated carbocycles. The molecule has 1 aromatic rings. The molecule has 0 radical (unpaired) electrons. The lowest BCUT2D eigenvalue weighted by molar-refractivity contribution is 0.235. The van der Waals surface area contributed by atoms with Crippen LogP contribution in [0.2, 0.25) is 0 Å². The van der Waals surface area contributed by atoms with Crippen LogP contribution in [-0.2, 0) is 0 Å². The van der Waals surface area contributed by atoms with Crippen molar-refractivity contribution in [2.75, 3.05) is 0 Å². The van der Waals surface area contributed by atoms with Crippen LogP contribution in [0.4, 0.5) is 4.79 Å². The fourth-order valence-electron chi connectivity index (χ4n) is 1.44. The van der Waals surface area contributed by atoms with Crippen molar-refractivity contribution >= 4 is 6.03 Å². The van der Waals surface area contributed by atoms with Gasteiger partial charge in [-0.2, -0.15) is 0 Å². The standard InChI is InChI=1S/C10H16N4O/c1-2-8(9-11-5-6-12-9)14-10(15)13-7-3-4-7/h5-8H,2-4H2,1H3,(H,11,12)(H2,13,14,15). The van der Waals surface area contributed by atoms with Gasteiger partial charge in [0.15, 0.2) is 0 Å². The molecular weight excluding hydrogens is 192 g/mol. The number of hydrogen-bond donors (Lipinski definition) is 3. The van der Waals surface area contributed by atoms with E-state index in [9.17, 15) is 4.79 Å². The molecule has 0 saturated heterocycles. The minimum absolute atomic E-state index is 0.0289. The minimum atomic E-state index is -0.0965. The summed E-state index contributed by atoms with van der Waals surface area (Å²) >= 11 is 0. The van der Waals surface area contributed by atoms with Crippen LogP contribution in [-0.4, -0.2) is 22.0 Å². The molecule has 0 aliphatic heterocycles. The number of imidazole rings is 1. The summed E-state index contributed by atoms with van der Waals surface area (Å²) in [4.78, 5) is 18.6. The SMILES string of the molecule is CCC(NC(=O)NC1CC1)c1ncc[nH]1. The largest absolute Gasteiger partial charge is 0.347 e. The third-order valence-electron chi connectivity index (χ3n) is 2.48. The molecule has 15 heavy (non-hydrogen) atoms. The molecule has 3 N–H and O–H groups in total. The molecule has 5 heteroatoms. The van der Waals surface area contributed by atoms with E-state index in [1.807, 2.05) is 6.92 Å². The third-order valence-corrected chi connectivity index (χ3v) is 2.48. The fourth-order valence-corrected chi connectivity index (χ4v) is 1.44. The predicted octanol–water partition coefficient (Wildman–Crippen LogP) is 1.32. The number of nitrogens with one attached hydrogen (secondary N) is 3. The van der Waals surface area contributed by atoms with E-state index in [4.69, 9.17) is 0 Å². The number of carbonyl (C=O) groups is 1. The van der Waals surface area contributed by atoms with Crippen molar-refractivity contribution in [3.63, 3.8) is 0 Å². The highest BCUT2D eigenvalue weighted by molar-refractivity contribution is 5.74. The molecule has 1 aromatic heterocycles. The van der Waals surface area contributed by atoms with E-state index in [-0.39, 0.29) is 12.1 Å². The van der Waals surface area contributed by atoms with Crippen molar-refractivity contribution in [2.24, 2.45) is 0 Å². The van der Waals surface area contributed by atoms with E-state index in [0.29, 0.717) is 6.04 Å². The number of carbonyl (C=O) groups excluding carboxylic acids is 1. The average Bonchev–Trinajstić information content (AvgIpc) is 2.86. The zero-order chi connectivity index (χ0) is 10.7. The zero-order valence-corrected chi connectivity index (χ0v) is 8.79. The van der Waals surface area contributed by atoms with Crippen molar-refractivity contribution in [1.82, 2.24) is 20.6 Å². The smallest absolute Gasteiger partial charge is 0.315 e. The molecule has 5 nitrogen and oxygen atoms in total. The molecule has 0 bridgehead atoms. The molecule has 1 heterocycles. The van der Waals surface area contributed by atoms with Crippen LogP contribution in [0.3, 0.4) is 0 Å². The van der Waals surface area contributed by atoms with E-state index in [2.05, 4.69) is 20.6 Å². The van der Waals surface area contributed by atoms with Crippen LogP contribution in [0, 0.1) is 0 Å². The number of hydrogen-bond acceptors (Lipinski definition) is 2. The van der Waals surface area contributed by atoms with Crippen molar-refractivity contribution < 1.29 is 4.79 Å². The van der Waals surface area contributed by atoms with Gasteiger partial charge in [0, 0.05) is 18.4 Å². The predicted molar refractivity (Wildman–Crippen MR) is 56.3 cm³/mol. The normalized spacial score (nSPS) is 17.1. The van der Waals surface area contributed by atoms with Gasteiger partial charge >= 0.3 is 6.03 Å². The number of H-pyrrole nitrogens is 1. The van der Waals surface area contributed by atoms with Gasteiger partial charge in [-0.15, -0.1) is 0 Å². The first kappa shape index (κ1) is 10.0. The van der Waals surface area contributed by atoms with Crippen LogP contribution in [0.1, 0.15) is 38.1 Å². The highest BCUT2D eigenvalue weighted by Gasteiger charge is 2.24. The summed E-state index contributed by atoms with van der Waals surface area (Å²) in [6.07, 6.45) is 6.48. The van der Waals surface area contributed by atoms with Gasteiger partial charge in [-0.05, 0) is 19.3 Å². The van der Waals surface area contributed by atoms with Gasteiger partial charge in [-0.3, -0.25) is 0 Å². The topological polar surface area (TPSA) is 69.8 Å². The minimum Gasteiger partial charge on any atom is -0.347 e. The molecule has 0 aromatic carbocycles. The Morgan fingerprint density at radius 1 is 1.73 bits per heavy atom. The van der Waals surface area contributed by atoms with Gasteiger partial charge in [0.1, 0.15) is 5.82 Å². The average molecular weight is 208 g/mol. The Hall–Kier alpha value is -1.52. The summed E-state index contributed by atoms with van der Waals surface area (Å²) < 4.78 is 0. The van der Waals surface area contributed by atoms with Crippen molar-refractivity contribution in [3.05, 3.63) is 18.2 Å². The van der Waals surface area contributed by atoms with Gasteiger partial charge in [0.2, 0.25) is 0 Å². The van der Waals surface area contributed by atoms with Gasteiger partial charge in [-0.1, -0.05) is 6.92 Å².